The van der Waals surface area contributed by atoms with E-state index < -0.39 is 5.82 Å². The highest BCUT2D eigenvalue weighted by Crippen LogP contribution is 2.26. The zero-order valence-corrected chi connectivity index (χ0v) is 12.1. The molecule has 4 nitrogen and oxygen atoms in total. The van der Waals surface area contributed by atoms with E-state index in [1.54, 1.807) is 17.8 Å². The van der Waals surface area contributed by atoms with Crippen LogP contribution in [-0.2, 0) is 26.7 Å². The maximum Gasteiger partial charge on any atom is 0.165 e. The van der Waals surface area contributed by atoms with Crippen LogP contribution in [0.25, 0.3) is 0 Å². The Morgan fingerprint density at radius 2 is 2.20 bits per heavy atom. The van der Waals surface area contributed by atoms with Crippen molar-refractivity contribution in [2.45, 2.75) is 26.6 Å². The number of para-hydroxylation sites is 1. The molecule has 0 saturated heterocycles. The molecule has 0 aliphatic carbocycles. The Morgan fingerprint density at radius 3 is 2.80 bits per heavy atom. The van der Waals surface area contributed by atoms with Gasteiger partial charge in [0.1, 0.15) is 6.61 Å². The van der Waals surface area contributed by atoms with Crippen molar-refractivity contribution in [3.63, 3.8) is 0 Å². The van der Waals surface area contributed by atoms with Crippen LogP contribution < -0.4 is 4.74 Å². The zero-order valence-electron chi connectivity index (χ0n) is 11.4. The molecule has 1 N–H and O–H groups in total. The molecule has 0 aliphatic heterocycles. The number of ether oxygens (including phenoxy) is 1. The summed E-state index contributed by atoms with van der Waals surface area (Å²) < 4.78 is 20.8. The predicted octanol–water partition coefficient (Wildman–Crippen LogP) is 2.85. The highest BCUT2D eigenvalue weighted by Gasteiger charge is 2.15. The van der Waals surface area contributed by atoms with Gasteiger partial charge in [0.05, 0.1) is 23.0 Å². The summed E-state index contributed by atoms with van der Waals surface area (Å²) in [6.45, 7) is 1.77. The number of aliphatic hydroxyl groups is 1. The Hall–Kier alpha value is -1.59. The first-order valence-corrected chi connectivity index (χ1v) is 6.67. The van der Waals surface area contributed by atoms with Crippen LogP contribution in [0.4, 0.5) is 4.39 Å². The van der Waals surface area contributed by atoms with Gasteiger partial charge in [0.15, 0.2) is 11.6 Å². The normalized spacial score (nSPS) is 10.8. The summed E-state index contributed by atoms with van der Waals surface area (Å²) in [6, 6.07) is 4.43. The van der Waals surface area contributed by atoms with Gasteiger partial charge in [0, 0.05) is 12.6 Å². The van der Waals surface area contributed by atoms with Crippen LogP contribution in [0.3, 0.4) is 0 Å². The number of aryl methyl sites for hydroxylation is 2. The van der Waals surface area contributed by atoms with Crippen LogP contribution in [-0.4, -0.2) is 14.9 Å². The van der Waals surface area contributed by atoms with E-state index in [-0.39, 0.29) is 19.0 Å². The summed E-state index contributed by atoms with van der Waals surface area (Å²) in [5.74, 6) is -0.462. The first kappa shape index (κ1) is 14.8. The summed E-state index contributed by atoms with van der Waals surface area (Å²) in [4.78, 5) is 0. The molecule has 2 aromatic rings. The number of hydrogen-bond acceptors (Lipinski definition) is 3. The lowest BCUT2D eigenvalue weighted by atomic mass is 10.2. The standard InChI is InChI=1S/C14H16ClFN2O2/c1-3-11-13(15)12(18(2)17-11)8-20-14-9(7-19)5-4-6-10(14)16/h4-6,19H,3,7-8H2,1-2H3. The molecular formula is C14H16ClFN2O2. The number of benzene rings is 1. The molecule has 6 heteroatoms. The van der Waals surface area contributed by atoms with Gasteiger partial charge in [0.25, 0.3) is 0 Å². The van der Waals surface area contributed by atoms with Crippen LogP contribution in [0.15, 0.2) is 18.2 Å². The highest BCUT2D eigenvalue weighted by atomic mass is 35.5. The lowest BCUT2D eigenvalue weighted by Gasteiger charge is -2.11. The van der Waals surface area contributed by atoms with Crippen LogP contribution in [0.1, 0.15) is 23.9 Å². The maximum atomic E-state index is 13.7. The minimum atomic E-state index is -0.509. The molecular weight excluding hydrogens is 283 g/mol. The molecule has 0 saturated carbocycles. The van der Waals surface area contributed by atoms with Crippen molar-refractivity contribution in [1.29, 1.82) is 0 Å². The fourth-order valence-electron chi connectivity index (χ4n) is 1.96. The molecule has 0 fully saturated rings. The third kappa shape index (κ3) is 2.78. The van der Waals surface area contributed by atoms with Crippen molar-refractivity contribution in [2.75, 3.05) is 0 Å². The topological polar surface area (TPSA) is 47.3 Å². The maximum absolute atomic E-state index is 13.7. The summed E-state index contributed by atoms with van der Waals surface area (Å²) in [7, 11) is 1.76. The van der Waals surface area contributed by atoms with Gasteiger partial charge in [-0.3, -0.25) is 4.68 Å². The lowest BCUT2D eigenvalue weighted by Crippen LogP contribution is -2.06. The first-order chi connectivity index (χ1) is 9.58. The van der Waals surface area contributed by atoms with Gasteiger partial charge in [-0.05, 0) is 12.5 Å². The molecule has 0 atom stereocenters. The molecule has 0 spiro atoms. The van der Waals surface area contributed by atoms with Crippen molar-refractivity contribution in [2.24, 2.45) is 7.05 Å². The van der Waals surface area contributed by atoms with Gasteiger partial charge >= 0.3 is 0 Å². The van der Waals surface area contributed by atoms with Crippen LogP contribution >= 0.6 is 11.6 Å². The van der Waals surface area contributed by atoms with Crippen LogP contribution in [0.5, 0.6) is 5.75 Å². The predicted molar refractivity (Wildman–Crippen MR) is 74.3 cm³/mol. The fourth-order valence-corrected chi connectivity index (χ4v) is 2.31. The summed E-state index contributed by atoms with van der Waals surface area (Å²) in [5, 5.41) is 14.0. The Morgan fingerprint density at radius 1 is 1.45 bits per heavy atom. The smallest absolute Gasteiger partial charge is 0.165 e. The van der Waals surface area contributed by atoms with Crippen molar-refractivity contribution < 1.29 is 14.2 Å². The molecule has 1 aromatic carbocycles. The van der Waals surface area contributed by atoms with Crippen molar-refractivity contribution in [3.05, 3.63) is 46.0 Å². The molecule has 0 aliphatic rings. The molecule has 0 bridgehead atoms. The van der Waals surface area contributed by atoms with Gasteiger partial charge in [-0.25, -0.2) is 4.39 Å². The van der Waals surface area contributed by atoms with E-state index in [4.69, 9.17) is 16.3 Å². The molecule has 0 amide bonds. The summed E-state index contributed by atoms with van der Waals surface area (Å²) in [5.41, 5.74) is 1.86. The van der Waals surface area contributed by atoms with E-state index in [9.17, 15) is 9.50 Å². The Kier molecular flexibility index (Phi) is 4.62. The second kappa shape index (κ2) is 6.24. The lowest BCUT2D eigenvalue weighted by molar-refractivity contribution is 0.247. The number of aromatic nitrogens is 2. The largest absolute Gasteiger partial charge is 0.484 e. The molecule has 1 heterocycles. The van der Waals surface area contributed by atoms with Crippen LogP contribution in [0.2, 0.25) is 5.02 Å². The van der Waals surface area contributed by atoms with E-state index in [0.717, 1.165) is 5.69 Å². The summed E-state index contributed by atoms with van der Waals surface area (Å²) >= 11 is 6.20. The van der Waals surface area contributed by atoms with Crippen molar-refractivity contribution in [3.8, 4) is 5.75 Å². The molecule has 1 aromatic heterocycles. The monoisotopic (exact) mass is 298 g/mol. The van der Waals surface area contributed by atoms with Gasteiger partial charge < -0.3 is 9.84 Å². The van der Waals surface area contributed by atoms with E-state index >= 15 is 0 Å². The average molecular weight is 299 g/mol. The number of rotatable bonds is 5. The van der Waals surface area contributed by atoms with E-state index in [1.165, 1.54) is 12.1 Å². The van der Waals surface area contributed by atoms with Gasteiger partial charge in [0.2, 0.25) is 0 Å². The van der Waals surface area contributed by atoms with E-state index in [2.05, 4.69) is 5.10 Å². The molecule has 108 valence electrons. The second-order valence-electron chi connectivity index (χ2n) is 4.36. The Labute approximate surface area is 121 Å². The Balaban J connectivity index is 2.23. The number of nitrogens with zero attached hydrogens (tertiary/aromatic N) is 2. The molecule has 0 radical (unpaired) electrons. The quantitative estimate of drug-likeness (QED) is 0.923. The SMILES string of the molecule is CCc1nn(C)c(COc2c(F)cccc2CO)c1Cl. The first-order valence-electron chi connectivity index (χ1n) is 6.29. The third-order valence-corrected chi connectivity index (χ3v) is 3.51. The van der Waals surface area contributed by atoms with E-state index in [0.29, 0.717) is 22.7 Å². The van der Waals surface area contributed by atoms with Gasteiger partial charge in [-0.2, -0.15) is 5.10 Å². The Bertz CT molecular complexity index is 613. The second-order valence-corrected chi connectivity index (χ2v) is 4.74. The fraction of sp³-hybridized carbons (Fsp3) is 0.357. The zero-order chi connectivity index (χ0) is 14.7. The molecule has 20 heavy (non-hydrogen) atoms. The minimum absolute atomic E-state index is 0.0466. The summed E-state index contributed by atoms with van der Waals surface area (Å²) in [6.07, 6.45) is 0.717. The number of hydrogen-bond donors (Lipinski definition) is 1. The number of halogens is 2. The van der Waals surface area contributed by atoms with Gasteiger partial charge in [-0.1, -0.05) is 30.7 Å². The van der Waals surface area contributed by atoms with Crippen molar-refractivity contribution in [1.82, 2.24) is 9.78 Å². The van der Waals surface area contributed by atoms with Crippen LogP contribution in [0, 0.1) is 5.82 Å². The minimum Gasteiger partial charge on any atom is -0.484 e. The molecule has 2 rings (SSSR count). The average Bonchev–Trinajstić information content (AvgIpc) is 2.72. The van der Waals surface area contributed by atoms with Crippen molar-refractivity contribution >= 4 is 11.6 Å². The van der Waals surface area contributed by atoms with E-state index in [1.807, 2.05) is 6.92 Å². The third-order valence-electron chi connectivity index (χ3n) is 3.08. The van der Waals surface area contributed by atoms with Gasteiger partial charge in [-0.15, -0.1) is 0 Å². The molecule has 0 unspecified atom stereocenters. The highest BCUT2D eigenvalue weighted by molar-refractivity contribution is 6.31. The number of aliphatic hydroxyl groups excluding tert-OH is 1.